The number of amides is 1. The first kappa shape index (κ1) is 23.7. The van der Waals surface area contributed by atoms with Crippen molar-refractivity contribution in [2.75, 3.05) is 19.6 Å². The first-order chi connectivity index (χ1) is 16.9. The third kappa shape index (κ3) is 5.16. The molecule has 0 saturated carbocycles. The predicted molar refractivity (Wildman–Crippen MR) is 136 cm³/mol. The van der Waals surface area contributed by atoms with E-state index >= 15 is 0 Å². The summed E-state index contributed by atoms with van der Waals surface area (Å²) in [6.45, 7) is 7.46. The molecule has 1 amide bonds. The van der Waals surface area contributed by atoms with E-state index in [1.165, 1.54) is 15.8 Å². The number of aryl methyl sites for hydroxylation is 2. The van der Waals surface area contributed by atoms with E-state index in [2.05, 4.69) is 46.5 Å². The van der Waals surface area contributed by atoms with E-state index in [0.29, 0.717) is 11.9 Å². The molecule has 1 atom stereocenters. The Labute approximate surface area is 206 Å². The number of carbonyl (C=O) groups excluding carboxylic acids is 1. The van der Waals surface area contributed by atoms with E-state index in [1.807, 2.05) is 25.1 Å². The summed E-state index contributed by atoms with van der Waals surface area (Å²) in [4.78, 5) is 27.9. The summed E-state index contributed by atoms with van der Waals surface area (Å²) in [7, 11) is 0. The van der Waals surface area contributed by atoms with Crippen LogP contribution in [0.1, 0.15) is 42.5 Å². The molecule has 3 aromatic rings. The molecule has 0 unspecified atom stereocenters. The second-order valence-electron chi connectivity index (χ2n) is 10.1. The summed E-state index contributed by atoms with van der Waals surface area (Å²) in [5.74, 6) is -0.216. The van der Waals surface area contributed by atoms with Crippen LogP contribution in [0.5, 0.6) is 0 Å². The van der Waals surface area contributed by atoms with Crippen LogP contribution in [-0.4, -0.2) is 51.9 Å². The third-order valence-corrected chi connectivity index (χ3v) is 7.63. The monoisotopic (exact) mass is 474 g/mol. The van der Waals surface area contributed by atoms with Gasteiger partial charge in [0.2, 0.25) is 5.91 Å². The molecule has 7 nitrogen and oxygen atoms in total. The normalized spacial score (nSPS) is 19.9. The van der Waals surface area contributed by atoms with E-state index in [0.717, 1.165) is 56.4 Å². The highest BCUT2D eigenvalue weighted by atomic mass is 16.5. The number of rotatable bonds is 6. The third-order valence-electron chi connectivity index (χ3n) is 7.63. The summed E-state index contributed by atoms with van der Waals surface area (Å²) in [5.41, 5.74) is 3.17. The SMILES string of the molecule is Cc1ccccc1CN1CCC2(CC[C@H](CNC(=O)Cn3nc(C)c4ccccc4c3=O)O2)CC1. The molecule has 0 radical (unpaired) electrons. The lowest BCUT2D eigenvalue weighted by Gasteiger charge is -2.39. The lowest BCUT2D eigenvalue weighted by Crippen LogP contribution is -2.45. The first-order valence-corrected chi connectivity index (χ1v) is 12.6. The van der Waals surface area contributed by atoms with E-state index in [4.69, 9.17) is 4.74 Å². The molecule has 2 aliphatic rings. The standard InChI is InChI=1S/C28H34N4O3/c1-20-7-3-4-8-22(20)18-31-15-13-28(14-16-31)12-11-23(35-28)17-29-26(33)19-32-27(34)25-10-6-5-9-24(25)21(2)30-32/h3-10,23H,11-19H2,1-2H3,(H,29,33)/t23-/m1/s1. The van der Waals surface area contributed by atoms with Crippen LogP contribution >= 0.6 is 0 Å². The lowest BCUT2D eigenvalue weighted by atomic mass is 9.88. The van der Waals surface area contributed by atoms with E-state index in [9.17, 15) is 9.59 Å². The Balaban J connectivity index is 1.11. The molecule has 2 saturated heterocycles. The number of likely N-dealkylation sites (tertiary alicyclic amines) is 1. The summed E-state index contributed by atoms with van der Waals surface area (Å²) in [5, 5.41) is 8.71. The maximum Gasteiger partial charge on any atom is 0.275 e. The maximum atomic E-state index is 12.7. The van der Waals surface area contributed by atoms with Gasteiger partial charge in [-0.25, -0.2) is 4.68 Å². The van der Waals surface area contributed by atoms with Crippen molar-refractivity contribution < 1.29 is 9.53 Å². The molecule has 35 heavy (non-hydrogen) atoms. The van der Waals surface area contributed by atoms with Crippen LogP contribution in [0, 0.1) is 13.8 Å². The summed E-state index contributed by atoms with van der Waals surface area (Å²) in [6.07, 6.45) is 4.06. The van der Waals surface area contributed by atoms with Gasteiger partial charge >= 0.3 is 0 Å². The highest BCUT2D eigenvalue weighted by Crippen LogP contribution is 2.39. The number of piperidine rings is 1. The van der Waals surface area contributed by atoms with Crippen molar-refractivity contribution in [1.82, 2.24) is 20.0 Å². The van der Waals surface area contributed by atoms with Gasteiger partial charge in [0.1, 0.15) is 6.54 Å². The highest BCUT2D eigenvalue weighted by molar-refractivity contribution is 5.83. The van der Waals surface area contributed by atoms with Gasteiger partial charge in [0.25, 0.3) is 5.56 Å². The number of benzene rings is 2. The van der Waals surface area contributed by atoms with Crippen LogP contribution in [0.25, 0.3) is 10.8 Å². The second-order valence-corrected chi connectivity index (χ2v) is 10.1. The van der Waals surface area contributed by atoms with Gasteiger partial charge in [0.05, 0.1) is 22.8 Å². The molecular weight excluding hydrogens is 440 g/mol. The molecule has 2 aliphatic heterocycles. The fourth-order valence-corrected chi connectivity index (χ4v) is 5.49. The van der Waals surface area contributed by atoms with Crippen LogP contribution < -0.4 is 10.9 Å². The van der Waals surface area contributed by atoms with E-state index < -0.39 is 0 Å². The van der Waals surface area contributed by atoms with E-state index in [-0.39, 0.29) is 29.7 Å². The van der Waals surface area contributed by atoms with Gasteiger partial charge < -0.3 is 10.1 Å². The molecule has 2 fully saturated rings. The van der Waals surface area contributed by atoms with Crippen LogP contribution in [0.15, 0.2) is 53.3 Å². The molecule has 0 bridgehead atoms. The average Bonchev–Trinajstić information content (AvgIpc) is 3.26. The van der Waals surface area contributed by atoms with Crippen LogP contribution in [0.3, 0.4) is 0 Å². The number of nitrogens with zero attached hydrogens (tertiary/aromatic N) is 3. The van der Waals surface area contributed by atoms with Gasteiger partial charge in [-0.15, -0.1) is 0 Å². The Bertz CT molecular complexity index is 1280. The zero-order valence-corrected chi connectivity index (χ0v) is 20.6. The summed E-state index contributed by atoms with van der Waals surface area (Å²) >= 11 is 0. The number of nitrogens with one attached hydrogen (secondary N) is 1. The Morgan fingerprint density at radius 3 is 2.54 bits per heavy atom. The number of ether oxygens (including phenoxy) is 1. The minimum atomic E-state index is -0.241. The molecule has 2 aromatic carbocycles. The zero-order chi connectivity index (χ0) is 24.4. The van der Waals surface area contributed by atoms with Crippen LogP contribution in [0.2, 0.25) is 0 Å². The average molecular weight is 475 g/mol. The lowest BCUT2D eigenvalue weighted by molar-refractivity contribution is -0.123. The Morgan fingerprint density at radius 1 is 1.06 bits per heavy atom. The minimum absolute atomic E-state index is 0.0184. The fourth-order valence-electron chi connectivity index (χ4n) is 5.49. The van der Waals surface area contributed by atoms with Crippen molar-refractivity contribution in [1.29, 1.82) is 0 Å². The zero-order valence-electron chi connectivity index (χ0n) is 20.6. The van der Waals surface area contributed by atoms with E-state index in [1.54, 1.807) is 6.07 Å². The number of hydrogen-bond donors (Lipinski definition) is 1. The molecule has 5 rings (SSSR count). The minimum Gasteiger partial charge on any atom is -0.370 e. The van der Waals surface area contributed by atoms with Gasteiger partial charge in [-0.2, -0.15) is 5.10 Å². The number of aromatic nitrogens is 2. The number of fused-ring (bicyclic) bond motifs is 1. The predicted octanol–water partition coefficient (Wildman–Crippen LogP) is 3.34. The van der Waals surface area contributed by atoms with Crippen LogP contribution in [0.4, 0.5) is 0 Å². The van der Waals surface area contributed by atoms with Crippen molar-refractivity contribution in [2.45, 2.75) is 64.3 Å². The second kappa shape index (κ2) is 9.91. The molecule has 1 N–H and O–H groups in total. The van der Waals surface area contributed by atoms with Gasteiger partial charge in [-0.3, -0.25) is 14.5 Å². The van der Waals surface area contributed by atoms with Gasteiger partial charge in [0, 0.05) is 31.6 Å². The summed E-state index contributed by atoms with van der Waals surface area (Å²) in [6, 6.07) is 16.0. The quantitative estimate of drug-likeness (QED) is 0.593. The van der Waals surface area contributed by atoms with Gasteiger partial charge in [-0.1, -0.05) is 42.5 Å². The van der Waals surface area contributed by atoms with Gasteiger partial charge in [-0.05, 0) is 56.7 Å². The van der Waals surface area contributed by atoms with Crippen molar-refractivity contribution in [3.8, 4) is 0 Å². The van der Waals surface area contributed by atoms with Crippen molar-refractivity contribution in [3.05, 3.63) is 75.7 Å². The smallest absolute Gasteiger partial charge is 0.275 e. The molecule has 7 heteroatoms. The van der Waals surface area contributed by atoms with Crippen molar-refractivity contribution >= 4 is 16.7 Å². The van der Waals surface area contributed by atoms with Crippen molar-refractivity contribution in [3.63, 3.8) is 0 Å². The largest absolute Gasteiger partial charge is 0.370 e. The first-order valence-electron chi connectivity index (χ1n) is 12.6. The Morgan fingerprint density at radius 2 is 1.77 bits per heavy atom. The molecular formula is C28H34N4O3. The highest BCUT2D eigenvalue weighted by Gasteiger charge is 2.42. The molecule has 1 aromatic heterocycles. The maximum absolute atomic E-state index is 12.7. The van der Waals surface area contributed by atoms with Crippen molar-refractivity contribution in [2.24, 2.45) is 0 Å². The van der Waals surface area contributed by atoms with Crippen LogP contribution in [-0.2, 0) is 22.6 Å². The Kier molecular flexibility index (Phi) is 6.71. The fraction of sp³-hybridized carbons (Fsp3) is 0.464. The topological polar surface area (TPSA) is 76.5 Å². The number of carbonyl (C=O) groups is 1. The summed E-state index contributed by atoms with van der Waals surface area (Å²) < 4.78 is 7.75. The molecule has 3 heterocycles. The molecule has 0 aliphatic carbocycles. The number of hydrogen-bond acceptors (Lipinski definition) is 5. The molecule has 184 valence electrons. The van der Waals surface area contributed by atoms with Gasteiger partial charge in [0.15, 0.2) is 0 Å². The Hall–Kier alpha value is -3.03. The molecule has 1 spiro atoms.